The molecule has 0 saturated carbocycles. The number of methoxy groups -OCH3 is 1. The highest BCUT2D eigenvalue weighted by atomic mass is 32.2. The quantitative estimate of drug-likeness (QED) is 0.535. The maximum Gasteiger partial charge on any atom is 0.242 e. The molecule has 0 amide bonds. The predicted molar refractivity (Wildman–Crippen MR) is 125 cm³/mol. The monoisotopic (exact) mass is 468 g/mol. The van der Waals surface area contributed by atoms with E-state index in [0.717, 1.165) is 9.69 Å². The number of ether oxygens (including phenoxy) is 2. The van der Waals surface area contributed by atoms with Crippen LogP contribution in [0.4, 0.5) is 11.5 Å². The Kier molecular flexibility index (Phi) is 4.82. The summed E-state index contributed by atoms with van der Waals surface area (Å²) in [6.07, 6.45) is 3.62. The van der Waals surface area contributed by atoms with Gasteiger partial charge in [0.2, 0.25) is 16.0 Å². The van der Waals surface area contributed by atoms with Crippen molar-refractivity contribution in [3.05, 3.63) is 48.3 Å². The summed E-state index contributed by atoms with van der Waals surface area (Å²) in [5, 5.41) is 14.7. The van der Waals surface area contributed by atoms with Crippen molar-refractivity contribution in [1.82, 2.24) is 19.6 Å². The lowest BCUT2D eigenvalue weighted by Crippen LogP contribution is -2.65. The largest absolute Gasteiger partial charge is 0.495 e. The molecular formula is C22H24N6O4S. The minimum Gasteiger partial charge on any atom is -0.495 e. The first-order valence-corrected chi connectivity index (χ1v) is 11.9. The summed E-state index contributed by atoms with van der Waals surface area (Å²) in [5.74, 6) is 1.62. The van der Waals surface area contributed by atoms with Crippen LogP contribution in [-0.4, -0.2) is 54.7 Å². The number of hydrogen-bond acceptors (Lipinski definition) is 8. The van der Waals surface area contributed by atoms with E-state index >= 15 is 0 Å². The molecule has 5 rings (SSSR count). The zero-order valence-corrected chi connectivity index (χ0v) is 19.2. The molecule has 2 aromatic heterocycles. The molecule has 2 aliphatic heterocycles. The summed E-state index contributed by atoms with van der Waals surface area (Å²) in [6, 6.07) is 9.24. The van der Waals surface area contributed by atoms with Crippen molar-refractivity contribution in [2.24, 2.45) is 0 Å². The Hall–Kier alpha value is -3.60. The van der Waals surface area contributed by atoms with Crippen LogP contribution >= 0.6 is 0 Å². The standard InChI is InChI=1S/C22H24N6O4S/c1-22-16-11-14(26-20-19-13(6-8-24-20)10-15(31-3)12-25-19)4-5-17(16)32-9-7-18(22)33(29,30)28(2)21(23)27-22/h4-6,8,10-12,18H,7,9H2,1-3H3,(H2,23,27)(H,24,26)/t18?,22-/m1/s1. The number of nitrogens with zero attached hydrogens (tertiary/aromatic N) is 3. The first-order valence-electron chi connectivity index (χ1n) is 10.4. The third kappa shape index (κ3) is 3.30. The third-order valence-corrected chi connectivity index (χ3v) is 8.70. The second-order valence-corrected chi connectivity index (χ2v) is 10.4. The number of rotatable bonds is 3. The number of nitrogens with one attached hydrogen (secondary N) is 3. The molecule has 11 heteroatoms. The smallest absolute Gasteiger partial charge is 0.242 e. The van der Waals surface area contributed by atoms with Crippen LogP contribution < -0.4 is 20.1 Å². The van der Waals surface area contributed by atoms with Crippen LogP contribution in [0.1, 0.15) is 18.9 Å². The Labute approximate surface area is 191 Å². The lowest BCUT2D eigenvalue weighted by atomic mass is 9.86. The number of hydrogen-bond donors (Lipinski definition) is 3. The van der Waals surface area contributed by atoms with Crippen LogP contribution in [0.3, 0.4) is 0 Å². The summed E-state index contributed by atoms with van der Waals surface area (Å²) in [4.78, 5) is 8.90. The van der Waals surface area contributed by atoms with Crippen LogP contribution in [0.15, 0.2) is 42.7 Å². The molecule has 3 aromatic rings. The zero-order valence-electron chi connectivity index (χ0n) is 18.4. The van der Waals surface area contributed by atoms with Gasteiger partial charge in [-0.25, -0.2) is 22.7 Å². The predicted octanol–water partition coefficient (Wildman–Crippen LogP) is 2.55. The van der Waals surface area contributed by atoms with Crippen molar-refractivity contribution in [2.75, 3.05) is 26.1 Å². The summed E-state index contributed by atoms with van der Waals surface area (Å²) in [7, 11) is -0.751. The van der Waals surface area contributed by atoms with Crippen molar-refractivity contribution in [2.45, 2.75) is 24.1 Å². The Morgan fingerprint density at radius 2 is 2.12 bits per heavy atom. The number of pyridine rings is 2. The summed E-state index contributed by atoms with van der Waals surface area (Å²) in [5.41, 5.74) is 0.993. The van der Waals surface area contributed by atoms with Crippen LogP contribution in [0, 0.1) is 5.41 Å². The van der Waals surface area contributed by atoms with E-state index in [0.29, 0.717) is 40.5 Å². The van der Waals surface area contributed by atoms with E-state index in [9.17, 15) is 8.42 Å². The maximum atomic E-state index is 13.1. The highest BCUT2D eigenvalue weighted by molar-refractivity contribution is 7.90. The topological polar surface area (TPSA) is 130 Å². The van der Waals surface area contributed by atoms with E-state index in [4.69, 9.17) is 14.9 Å². The number of anilines is 2. The molecule has 0 aliphatic carbocycles. The van der Waals surface area contributed by atoms with E-state index < -0.39 is 20.8 Å². The number of benzene rings is 1. The SMILES string of the molecule is COc1cnc2c(Nc3ccc4c(c3)[C@@]3(C)NC(=N)N(C)S(=O)(=O)C3CCO4)nccc2c1. The van der Waals surface area contributed by atoms with Crippen molar-refractivity contribution in [3.8, 4) is 11.5 Å². The second kappa shape index (κ2) is 7.48. The van der Waals surface area contributed by atoms with Gasteiger partial charge in [-0.05, 0) is 37.3 Å². The highest BCUT2D eigenvalue weighted by Crippen LogP contribution is 2.43. The fourth-order valence-corrected chi connectivity index (χ4v) is 6.35. The zero-order chi connectivity index (χ0) is 23.4. The van der Waals surface area contributed by atoms with E-state index in [1.807, 2.05) is 30.3 Å². The second-order valence-electron chi connectivity index (χ2n) is 8.26. The lowest BCUT2D eigenvalue weighted by molar-refractivity contribution is 0.303. The molecule has 33 heavy (non-hydrogen) atoms. The molecule has 1 unspecified atom stereocenters. The van der Waals surface area contributed by atoms with Crippen LogP contribution in [0.25, 0.3) is 10.9 Å². The van der Waals surface area contributed by atoms with Gasteiger partial charge in [-0.15, -0.1) is 0 Å². The number of aromatic nitrogens is 2. The average molecular weight is 469 g/mol. The average Bonchev–Trinajstić information content (AvgIpc) is 2.94. The molecule has 3 N–H and O–H groups in total. The van der Waals surface area contributed by atoms with Crippen molar-refractivity contribution < 1.29 is 17.9 Å². The van der Waals surface area contributed by atoms with Crippen LogP contribution in [0.2, 0.25) is 0 Å². The fraction of sp³-hybridized carbons (Fsp3) is 0.318. The van der Waals surface area contributed by atoms with Gasteiger partial charge in [-0.1, -0.05) is 0 Å². The van der Waals surface area contributed by atoms with Crippen LogP contribution in [-0.2, 0) is 15.6 Å². The maximum absolute atomic E-state index is 13.1. The Morgan fingerprint density at radius 1 is 1.30 bits per heavy atom. The molecule has 10 nitrogen and oxygen atoms in total. The first kappa shape index (κ1) is 21.3. The molecule has 1 aromatic carbocycles. The molecule has 1 saturated heterocycles. The van der Waals surface area contributed by atoms with Gasteiger partial charge in [0.25, 0.3) is 0 Å². The van der Waals surface area contributed by atoms with Gasteiger partial charge in [0.1, 0.15) is 22.3 Å². The molecule has 2 aliphatic rings. The minimum atomic E-state index is -3.73. The highest BCUT2D eigenvalue weighted by Gasteiger charge is 2.53. The number of guanidine groups is 1. The van der Waals surface area contributed by atoms with Crippen molar-refractivity contribution in [3.63, 3.8) is 0 Å². The molecule has 1 fully saturated rings. The molecular weight excluding hydrogens is 444 g/mol. The fourth-order valence-electron chi connectivity index (χ4n) is 4.49. The Balaban J connectivity index is 1.58. The third-order valence-electron chi connectivity index (χ3n) is 6.33. The van der Waals surface area contributed by atoms with Gasteiger partial charge >= 0.3 is 0 Å². The lowest BCUT2D eigenvalue weighted by Gasteiger charge is -2.45. The minimum absolute atomic E-state index is 0.172. The van der Waals surface area contributed by atoms with Gasteiger partial charge in [0.05, 0.1) is 25.5 Å². The van der Waals surface area contributed by atoms with E-state index in [1.54, 1.807) is 26.4 Å². The van der Waals surface area contributed by atoms with Gasteiger partial charge in [-0.3, -0.25) is 5.41 Å². The number of sulfonamides is 1. The molecule has 0 bridgehead atoms. The first-order chi connectivity index (χ1) is 15.7. The van der Waals surface area contributed by atoms with Gasteiger partial charge in [0.15, 0.2) is 5.82 Å². The van der Waals surface area contributed by atoms with Gasteiger partial charge < -0.3 is 20.1 Å². The van der Waals surface area contributed by atoms with Gasteiger partial charge in [0, 0.05) is 36.3 Å². The normalized spacial score (nSPS) is 23.5. The van der Waals surface area contributed by atoms with E-state index in [1.165, 1.54) is 7.05 Å². The van der Waals surface area contributed by atoms with Crippen molar-refractivity contribution >= 4 is 38.4 Å². The molecule has 0 spiro atoms. The molecule has 2 atom stereocenters. The van der Waals surface area contributed by atoms with Crippen molar-refractivity contribution in [1.29, 1.82) is 5.41 Å². The summed E-state index contributed by atoms with van der Waals surface area (Å²) < 4.78 is 38.4. The Morgan fingerprint density at radius 3 is 2.91 bits per heavy atom. The summed E-state index contributed by atoms with van der Waals surface area (Å²) >= 11 is 0. The van der Waals surface area contributed by atoms with Crippen LogP contribution in [0.5, 0.6) is 11.5 Å². The Bertz CT molecular complexity index is 1380. The van der Waals surface area contributed by atoms with E-state index in [-0.39, 0.29) is 12.6 Å². The molecule has 172 valence electrons. The molecule has 0 radical (unpaired) electrons. The summed E-state index contributed by atoms with van der Waals surface area (Å²) in [6.45, 7) is 2.07. The molecule has 4 heterocycles. The van der Waals surface area contributed by atoms with Gasteiger partial charge in [-0.2, -0.15) is 0 Å². The number of fused-ring (bicyclic) bond motifs is 4. The van der Waals surface area contributed by atoms with E-state index in [2.05, 4.69) is 20.6 Å².